The summed E-state index contributed by atoms with van der Waals surface area (Å²) in [5.41, 5.74) is 5.62. The maximum Gasteiger partial charge on any atom is 0.337 e. The molecule has 0 spiro atoms. The fourth-order valence-electron chi connectivity index (χ4n) is 3.99. The molecule has 2 aromatic carbocycles. The number of anilines is 3. The number of nitrogen functional groups attached to an aromatic ring is 1. The van der Waals surface area contributed by atoms with E-state index < -0.39 is 22.6 Å². The summed E-state index contributed by atoms with van der Waals surface area (Å²) in [6, 6.07) is 11.6. The molecule has 0 bridgehead atoms. The van der Waals surface area contributed by atoms with Gasteiger partial charge in [-0.1, -0.05) is 17.6 Å². The van der Waals surface area contributed by atoms with Crippen LogP contribution in [0.5, 0.6) is 0 Å². The lowest BCUT2D eigenvalue weighted by molar-refractivity contribution is 0.632. The largest absolute Gasteiger partial charge is 0.399 e. The Morgan fingerprint density at radius 1 is 1.06 bits per heavy atom. The van der Waals surface area contributed by atoms with Crippen molar-refractivity contribution in [3.05, 3.63) is 85.5 Å². The van der Waals surface area contributed by atoms with Crippen molar-refractivity contribution in [3.8, 4) is 5.69 Å². The average Bonchev–Trinajstić information content (AvgIpc) is 3.58. The van der Waals surface area contributed by atoms with Crippen molar-refractivity contribution in [1.29, 1.82) is 0 Å². The predicted octanol–water partition coefficient (Wildman–Crippen LogP) is 1.44. The van der Waals surface area contributed by atoms with Crippen LogP contribution in [0, 0.1) is 5.82 Å². The normalized spacial score (nSPS) is 13.4. The van der Waals surface area contributed by atoms with Crippen LogP contribution in [0.15, 0.2) is 62.9 Å². The molecule has 0 saturated heterocycles. The molecular formula is C23H19BFN5O3. The summed E-state index contributed by atoms with van der Waals surface area (Å²) in [6.07, 6.45) is 1.39. The smallest absolute Gasteiger partial charge is 0.337 e. The number of nitrogens with one attached hydrogen (secondary N) is 1. The maximum atomic E-state index is 14.5. The van der Waals surface area contributed by atoms with Crippen molar-refractivity contribution < 1.29 is 4.39 Å². The summed E-state index contributed by atoms with van der Waals surface area (Å²) in [6.45, 7) is 0. The number of hydrogen-bond donors (Lipinski definition) is 2. The molecule has 164 valence electrons. The van der Waals surface area contributed by atoms with Crippen molar-refractivity contribution in [2.24, 2.45) is 7.05 Å². The van der Waals surface area contributed by atoms with Gasteiger partial charge in [0.05, 0.1) is 17.1 Å². The fourth-order valence-corrected chi connectivity index (χ4v) is 3.99. The number of rotatable bonds is 4. The zero-order valence-corrected chi connectivity index (χ0v) is 17.7. The second kappa shape index (κ2) is 7.51. The molecule has 1 fully saturated rings. The molecule has 33 heavy (non-hydrogen) atoms. The molecule has 0 unspecified atom stereocenters. The fraction of sp³-hybridized carbons (Fsp3) is 0.174. The highest BCUT2D eigenvalue weighted by atomic mass is 19.1. The summed E-state index contributed by atoms with van der Waals surface area (Å²) in [7, 11) is 7.10. The van der Waals surface area contributed by atoms with Crippen LogP contribution in [-0.4, -0.2) is 21.5 Å². The summed E-state index contributed by atoms with van der Waals surface area (Å²) in [4.78, 5) is 39.9. The Balaban J connectivity index is 1.91. The average molecular weight is 443 g/mol. The minimum Gasteiger partial charge on any atom is -0.399 e. The highest BCUT2D eigenvalue weighted by molar-refractivity contribution is 6.32. The van der Waals surface area contributed by atoms with E-state index in [2.05, 4.69) is 5.32 Å². The van der Waals surface area contributed by atoms with Crippen molar-refractivity contribution in [2.75, 3.05) is 11.1 Å². The number of hydrogen-bond acceptors (Lipinski definition) is 5. The molecule has 8 nitrogen and oxygen atoms in total. The Hall–Kier alpha value is -4.08. The van der Waals surface area contributed by atoms with E-state index in [4.69, 9.17) is 13.6 Å². The van der Waals surface area contributed by atoms with Gasteiger partial charge in [-0.2, -0.15) is 0 Å². The van der Waals surface area contributed by atoms with E-state index in [1.54, 1.807) is 24.3 Å². The van der Waals surface area contributed by atoms with E-state index in [0.29, 0.717) is 24.2 Å². The zero-order valence-electron chi connectivity index (χ0n) is 17.7. The Morgan fingerprint density at radius 3 is 2.48 bits per heavy atom. The van der Waals surface area contributed by atoms with Gasteiger partial charge in [0.15, 0.2) is 0 Å². The van der Waals surface area contributed by atoms with Gasteiger partial charge in [0.25, 0.3) is 11.1 Å². The molecule has 4 aromatic rings. The molecule has 1 aliphatic carbocycles. The topological polar surface area (TPSA) is 104 Å². The molecule has 10 heteroatoms. The second-order valence-corrected chi connectivity index (χ2v) is 8.14. The van der Waals surface area contributed by atoms with Crippen molar-refractivity contribution in [2.45, 2.75) is 18.9 Å². The molecule has 0 aliphatic heterocycles. The van der Waals surface area contributed by atoms with E-state index in [1.807, 2.05) is 0 Å². The number of fused-ring (bicyclic) bond motifs is 1. The number of halogens is 1. The van der Waals surface area contributed by atoms with Gasteiger partial charge in [-0.25, -0.2) is 13.8 Å². The van der Waals surface area contributed by atoms with Gasteiger partial charge in [0.2, 0.25) is 0 Å². The van der Waals surface area contributed by atoms with Crippen molar-refractivity contribution >= 4 is 41.4 Å². The second-order valence-electron chi connectivity index (χ2n) is 8.14. The standard InChI is InChI=1S/C23H19BFN5O3/c1-28-19(31)11-18(27-17-8-5-12(24)9-16(17)25)20-21(28)29(15-4-2-3-13(26)10-15)23(33)30(22(20)32)14-6-7-14/h2-5,8-11,14,27H,6-7,26H2,1H3. The predicted molar refractivity (Wildman–Crippen MR) is 127 cm³/mol. The molecular weight excluding hydrogens is 424 g/mol. The number of aromatic nitrogens is 3. The molecule has 2 aromatic heterocycles. The molecule has 5 rings (SSSR count). The number of nitrogens with zero attached hydrogens (tertiary/aromatic N) is 3. The molecule has 2 heterocycles. The number of nitrogens with two attached hydrogens (primary N) is 1. The van der Waals surface area contributed by atoms with Gasteiger partial charge in [0.1, 0.15) is 24.7 Å². The Bertz CT molecular complexity index is 1620. The number of pyridine rings is 1. The van der Waals surface area contributed by atoms with Crippen LogP contribution in [0.25, 0.3) is 16.7 Å². The molecule has 0 amide bonds. The zero-order chi connectivity index (χ0) is 23.4. The number of aryl methyl sites for hydroxylation is 1. The third-order valence-electron chi connectivity index (χ3n) is 5.75. The highest BCUT2D eigenvalue weighted by Crippen LogP contribution is 2.33. The highest BCUT2D eigenvalue weighted by Gasteiger charge is 2.31. The summed E-state index contributed by atoms with van der Waals surface area (Å²) < 4.78 is 18.2. The van der Waals surface area contributed by atoms with Gasteiger partial charge in [0, 0.05) is 24.8 Å². The summed E-state index contributed by atoms with van der Waals surface area (Å²) >= 11 is 0. The summed E-state index contributed by atoms with van der Waals surface area (Å²) in [5, 5.41) is 2.94. The van der Waals surface area contributed by atoms with Crippen LogP contribution in [0.3, 0.4) is 0 Å². The van der Waals surface area contributed by atoms with E-state index in [-0.39, 0.29) is 33.9 Å². The van der Waals surface area contributed by atoms with Crippen molar-refractivity contribution in [1.82, 2.24) is 13.7 Å². The SMILES string of the molecule is [B]c1ccc(Nc2cc(=O)n(C)c3c2c(=O)n(C2CC2)c(=O)n3-c2cccc(N)c2)c(F)c1. The van der Waals surface area contributed by atoms with Crippen LogP contribution < -0.4 is 33.3 Å². The molecule has 1 saturated carbocycles. The lowest BCUT2D eigenvalue weighted by atomic mass is 9.96. The monoisotopic (exact) mass is 443 g/mol. The first kappa shape index (κ1) is 20.8. The van der Waals surface area contributed by atoms with Crippen LogP contribution in [0.1, 0.15) is 18.9 Å². The van der Waals surface area contributed by atoms with E-state index in [9.17, 15) is 18.8 Å². The maximum absolute atomic E-state index is 14.5. The number of benzene rings is 2. The Labute approximate surface area is 188 Å². The van der Waals surface area contributed by atoms with Crippen LogP contribution in [0.4, 0.5) is 21.5 Å². The van der Waals surface area contributed by atoms with Gasteiger partial charge >= 0.3 is 5.69 Å². The van der Waals surface area contributed by atoms with Gasteiger partial charge < -0.3 is 11.1 Å². The van der Waals surface area contributed by atoms with E-state index in [0.717, 1.165) is 6.07 Å². The van der Waals surface area contributed by atoms with Gasteiger partial charge in [-0.3, -0.25) is 18.7 Å². The van der Waals surface area contributed by atoms with E-state index >= 15 is 0 Å². The minimum atomic E-state index is -0.643. The van der Waals surface area contributed by atoms with Crippen LogP contribution in [0.2, 0.25) is 0 Å². The molecule has 2 radical (unpaired) electrons. The van der Waals surface area contributed by atoms with Gasteiger partial charge in [-0.05, 0) is 43.2 Å². The lowest BCUT2D eigenvalue weighted by Crippen LogP contribution is -2.41. The third-order valence-corrected chi connectivity index (χ3v) is 5.75. The van der Waals surface area contributed by atoms with Crippen LogP contribution in [-0.2, 0) is 7.05 Å². The quantitative estimate of drug-likeness (QED) is 0.367. The van der Waals surface area contributed by atoms with Crippen molar-refractivity contribution in [3.63, 3.8) is 0 Å². The Kier molecular flexibility index (Phi) is 4.73. The minimum absolute atomic E-state index is 0.0397. The first-order valence-electron chi connectivity index (χ1n) is 10.4. The molecule has 1 aliphatic rings. The first-order chi connectivity index (χ1) is 15.8. The van der Waals surface area contributed by atoms with Gasteiger partial charge in [-0.15, -0.1) is 0 Å². The Morgan fingerprint density at radius 2 is 1.82 bits per heavy atom. The summed E-state index contributed by atoms with van der Waals surface area (Å²) in [5.74, 6) is -0.643. The molecule has 3 N–H and O–H groups in total. The third kappa shape index (κ3) is 3.43. The molecule has 0 atom stereocenters. The van der Waals surface area contributed by atoms with Crippen LogP contribution >= 0.6 is 0 Å². The van der Waals surface area contributed by atoms with E-state index in [1.165, 1.54) is 38.9 Å². The first-order valence-corrected chi connectivity index (χ1v) is 10.4. The lowest BCUT2D eigenvalue weighted by Gasteiger charge is -2.19.